The number of pyridine rings is 1. The van der Waals surface area contributed by atoms with Gasteiger partial charge in [-0.3, -0.25) is 4.98 Å². The lowest BCUT2D eigenvalue weighted by atomic mass is 10.1. The van der Waals surface area contributed by atoms with Gasteiger partial charge in [0.1, 0.15) is 0 Å². The summed E-state index contributed by atoms with van der Waals surface area (Å²) in [6.45, 7) is 6.58. The number of nitrogens with zero attached hydrogens (tertiary/aromatic N) is 1. The summed E-state index contributed by atoms with van der Waals surface area (Å²) in [7, 11) is -0.195. The summed E-state index contributed by atoms with van der Waals surface area (Å²) in [6.07, 6.45) is 0.975. The molecule has 0 bridgehead atoms. The summed E-state index contributed by atoms with van der Waals surface area (Å²) in [5.74, 6) is 0. The number of rotatable bonds is 2. The number of anilines is 1. The average Bonchev–Trinajstić information content (AvgIpc) is 2.27. The predicted molar refractivity (Wildman–Crippen MR) is 73.9 cm³/mol. The maximum Gasteiger partial charge on any atom is 0.0713 e. The smallest absolute Gasteiger partial charge is 0.0713 e. The molecule has 2 N–H and O–H groups in total. The zero-order valence-corrected chi connectivity index (χ0v) is 10.9. The molecule has 0 saturated carbocycles. The van der Waals surface area contributed by atoms with Gasteiger partial charge in [-0.2, -0.15) is 0 Å². The molecular formula is C13H17N2P. The Morgan fingerprint density at radius 1 is 1.19 bits per heavy atom. The van der Waals surface area contributed by atoms with Crippen LogP contribution in [0.1, 0.15) is 12.6 Å². The molecule has 16 heavy (non-hydrogen) atoms. The molecule has 0 aliphatic heterocycles. The van der Waals surface area contributed by atoms with Crippen LogP contribution >= 0.6 is 7.92 Å². The van der Waals surface area contributed by atoms with Gasteiger partial charge in [0.15, 0.2) is 0 Å². The first kappa shape index (κ1) is 11.3. The van der Waals surface area contributed by atoms with Crippen molar-refractivity contribution in [3.05, 3.63) is 30.0 Å². The summed E-state index contributed by atoms with van der Waals surface area (Å²) in [6, 6.07) is 8.26. The van der Waals surface area contributed by atoms with Crippen LogP contribution in [0, 0.1) is 0 Å². The quantitative estimate of drug-likeness (QED) is 0.638. The van der Waals surface area contributed by atoms with E-state index in [9.17, 15) is 0 Å². The largest absolute Gasteiger partial charge is 0.398 e. The van der Waals surface area contributed by atoms with E-state index in [0.717, 1.165) is 23.3 Å². The molecule has 84 valence electrons. The van der Waals surface area contributed by atoms with Crippen molar-refractivity contribution < 1.29 is 0 Å². The van der Waals surface area contributed by atoms with E-state index in [2.05, 4.69) is 37.4 Å². The first-order valence-electron chi connectivity index (χ1n) is 5.49. The first-order chi connectivity index (χ1) is 7.63. The number of hydrogen-bond acceptors (Lipinski definition) is 2. The fraction of sp³-hybridized carbons (Fsp3) is 0.308. The Morgan fingerprint density at radius 2 is 1.94 bits per heavy atom. The molecule has 0 atom stereocenters. The molecule has 2 nitrogen and oxygen atoms in total. The predicted octanol–water partition coefficient (Wildman–Crippen LogP) is 2.75. The summed E-state index contributed by atoms with van der Waals surface area (Å²) in [4.78, 5) is 4.63. The van der Waals surface area contributed by atoms with Gasteiger partial charge in [0.25, 0.3) is 0 Å². The van der Waals surface area contributed by atoms with Crippen LogP contribution in [0.3, 0.4) is 0 Å². The van der Waals surface area contributed by atoms with Crippen molar-refractivity contribution in [3.8, 4) is 0 Å². The van der Waals surface area contributed by atoms with Crippen LogP contribution in [0.5, 0.6) is 0 Å². The van der Waals surface area contributed by atoms with Crippen molar-refractivity contribution in [2.24, 2.45) is 0 Å². The highest BCUT2D eigenvalue weighted by molar-refractivity contribution is 7.65. The van der Waals surface area contributed by atoms with Crippen molar-refractivity contribution in [1.82, 2.24) is 4.98 Å². The molecule has 0 aliphatic carbocycles. The number of aryl methyl sites for hydroxylation is 1. The summed E-state index contributed by atoms with van der Waals surface area (Å²) >= 11 is 0. The monoisotopic (exact) mass is 232 g/mol. The molecule has 0 amide bonds. The molecule has 2 aromatic rings. The fourth-order valence-corrected chi connectivity index (χ4v) is 3.21. The molecule has 1 aromatic carbocycles. The third-order valence-electron chi connectivity index (χ3n) is 2.74. The molecule has 0 fully saturated rings. The number of benzene rings is 1. The number of aromatic nitrogens is 1. The molecule has 3 heteroatoms. The van der Waals surface area contributed by atoms with Crippen LogP contribution in [0.4, 0.5) is 5.69 Å². The molecule has 0 saturated heterocycles. The van der Waals surface area contributed by atoms with Crippen molar-refractivity contribution in [3.63, 3.8) is 0 Å². The molecule has 1 aromatic heterocycles. The second-order valence-corrected chi connectivity index (χ2v) is 6.36. The minimum Gasteiger partial charge on any atom is -0.398 e. The van der Waals surface area contributed by atoms with Crippen LogP contribution in [-0.4, -0.2) is 18.3 Å². The van der Waals surface area contributed by atoms with Gasteiger partial charge in [-0.25, -0.2) is 0 Å². The zero-order valence-electron chi connectivity index (χ0n) is 9.99. The maximum absolute atomic E-state index is 6.05. The zero-order chi connectivity index (χ0) is 11.7. The van der Waals surface area contributed by atoms with E-state index < -0.39 is 0 Å². The Morgan fingerprint density at radius 3 is 2.56 bits per heavy atom. The molecule has 0 aliphatic rings. The minimum atomic E-state index is -0.195. The lowest BCUT2D eigenvalue weighted by Gasteiger charge is -2.13. The topological polar surface area (TPSA) is 38.9 Å². The standard InChI is InChI=1S/C13H17N2P/c1-4-9-5-6-10-12(15-9)8-7-11(14)13(10)16(2)3/h5-8H,4,14H2,1-3H3. The van der Waals surface area contributed by atoms with Crippen LogP contribution in [-0.2, 0) is 6.42 Å². The number of nitrogen functional groups attached to an aromatic ring is 1. The molecule has 0 spiro atoms. The van der Waals surface area contributed by atoms with Crippen LogP contribution in [0.2, 0.25) is 0 Å². The second kappa shape index (κ2) is 4.39. The van der Waals surface area contributed by atoms with Crippen molar-refractivity contribution in [2.45, 2.75) is 13.3 Å². The van der Waals surface area contributed by atoms with Crippen molar-refractivity contribution >= 4 is 29.8 Å². The number of fused-ring (bicyclic) bond motifs is 1. The fourth-order valence-electron chi connectivity index (χ4n) is 1.94. The van der Waals surface area contributed by atoms with Gasteiger partial charge in [0.2, 0.25) is 0 Å². The minimum absolute atomic E-state index is 0.195. The Hall–Kier alpha value is -1.14. The molecule has 0 unspecified atom stereocenters. The van der Waals surface area contributed by atoms with Gasteiger partial charge in [-0.15, -0.1) is 0 Å². The number of nitrogens with two attached hydrogens (primary N) is 1. The van der Waals surface area contributed by atoms with Crippen LogP contribution in [0.15, 0.2) is 24.3 Å². The Bertz CT molecular complexity index is 521. The average molecular weight is 232 g/mol. The highest BCUT2D eigenvalue weighted by atomic mass is 31.1. The third-order valence-corrected chi connectivity index (χ3v) is 4.13. The first-order valence-corrected chi connectivity index (χ1v) is 7.72. The van der Waals surface area contributed by atoms with E-state index in [1.54, 1.807) is 0 Å². The van der Waals surface area contributed by atoms with E-state index in [0.29, 0.717) is 0 Å². The lowest BCUT2D eigenvalue weighted by molar-refractivity contribution is 1.06. The van der Waals surface area contributed by atoms with E-state index in [1.165, 1.54) is 10.7 Å². The van der Waals surface area contributed by atoms with E-state index >= 15 is 0 Å². The molecule has 0 radical (unpaired) electrons. The normalized spacial score (nSPS) is 11.2. The van der Waals surface area contributed by atoms with E-state index in [1.807, 2.05) is 12.1 Å². The van der Waals surface area contributed by atoms with E-state index in [-0.39, 0.29) is 7.92 Å². The molecular weight excluding hydrogens is 215 g/mol. The van der Waals surface area contributed by atoms with Crippen molar-refractivity contribution in [2.75, 3.05) is 19.1 Å². The third kappa shape index (κ3) is 1.90. The Labute approximate surface area is 97.6 Å². The highest BCUT2D eigenvalue weighted by Crippen LogP contribution is 2.31. The Kier molecular flexibility index (Phi) is 3.11. The Balaban J connectivity index is 2.74. The molecule has 2 rings (SSSR count). The summed E-state index contributed by atoms with van der Waals surface area (Å²) in [5.41, 5.74) is 9.15. The highest BCUT2D eigenvalue weighted by Gasteiger charge is 2.09. The van der Waals surface area contributed by atoms with Gasteiger partial charge in [-0.05, 0) is 37.9 Å². The van der Waals surface area contributed by atoms with Gasteiger partial charge >= 0.3 is 0 Å². The second-order valence-electron chi connectivity index (χ2n) is 4.12. The van der Waals surface area contributed by atoms with Gasteiger partial charge in [0, 0.05) is 22.1 Å². The van der Waals surface area contributed by atoms with Gasteiger partial charge in [0.05, 0.1) is 5.52 Å². The van der Waals surface area contributed by atoms with E-state index in [4.69, 9.17) is 5.73 Å². The van der Waals surface area contributed by atoms with Crippen LogP contribution < -0.4 is 11.0 Å². The van der Waals surface area contributed by atoms with Gasteiger partial charge in [-0.1, -0.05) is 20.9 Å². The maximum atomic E-state index is 6.05. The van der Waals surface area contributed by atoms with Crippen LogP contribution in [0.25, 0.3) is 10.9 Å². The summed E-state index contributed by atoms with van der Waals surface area (Å²) in [5, 5.41) is 2.50. The summed E-state index contributed by atoms with van der Waals surface area (Å²) < 4.78 is 0. The SMILES string of the molecule is CCc1ccc2c(P(C)C)c(N)ccc2n1. The van der Waals surface area contributed by atoms with Gasteiger partial charge < -0.3 is 5.73 Å². The number of hydrogen-bond donors (Lipinski definition) is 1. The lowest BCUT2D eigenvalue weighted by Crippen LogP contribution is -2.09. The van der Waals surface area contributed by atoms with Crippen molar-refractivity contribution in [1.29, 1.82) is 0 Å². The molecule has 1 heterocycles.